The molecule has 78 valence electrons. The number of nitrogens with zero attached hydrogens (tertiary/aromatic N) is 4. The summed E-state index contributed by atoms with van der Waals surface area (Å²) in [4.78, 5) is 12.6. The Kier molecular flexibility index (Phi) is 3.12. The molecule has 2 aromatic heterocycles. The van der Waals surface area contributed by atoms with E-state index in [2.05, 4.69) is 24.6 Å². The van der Waals surface area contributed by atoms with E-state index in [-0.39, 0.29) is 0 Å². The van der Waals surface area contributed by atoms with Crippen LogP contribution in [0.15, 0.2) is 21.8 Å². The highest BCUT2D eigenvalue weighted by Crippen LogP contribution is 2.27. The van der Waals surface area contributed by atoms with Gasteiger partial charge in [-0.3, -0.25) is 4.98 Å². The number of aryl methyl sites for hydroxylation is 1. The Morgan fingerprint density at radius 3 is 2.87 bits per heavy atom. The van der Waals surface area contributed by atoms with Crippen molar-refractivity contribution in [3.8, 4) is 0 Å². The molecule has 0 bridgehead atoms. The van der Waals surface area contributed by atoms with Gasteiger partial charge in [0, 0.05) is 7.05 Å². The molecule has 5 nitrogen and oxygen atoms in total. The maximum Gasteiger partial charge on any atom is 0.176 e. The average molecular weight is 239 g/mol. The van der Waals surface area contributed by atoms with Gasteiger partial charge < -0.3 is 5.32 Å². The summed E-state index contributed by atoms with van der Waals surface area (Å²) in [6.07, 6.45) is 3.39. The zero-order valence-corrected chi connectivity index (χ0v) is 9.89. The number of nitrogens with one attached hydrogen (secondary N) is 1. The Bertz CT molecular complexity index is 456. The lowest BCUT2D eigenvalue weighted by atomic mass is 10.7. The molecule has 0 amide bonds. The van der Waals surface area contributed by atoms with Crippen molar-refractivity contribution < 1.29 is 0 Å². The van der Waals surface area contributed by atoms with Gasteiger partial charge in [0.1, 0.15) is 16.7 Å². The Labute approximate surface area is 95.6 Å². The number of aromatic nitrogens is 4. The molecule has 1 N–H and O–H groups in total. The summed E-state index contributed by atoms with van der Waals surface area (Å²) in [6, 6.07) is 0. The monoisotopic (exact) mass is 239 g/mol. The highest BCUT2D eigenvalue weighted by atomic mass is 32.2. The predicted molar refractivity (Wildman–Crippen MR) is 60.3 cm³/mol. The molecule has 0 radical (unpaired) electrons. The van der Waals surface area contributed by atoms with Crippen molar-refractivity contribution in [3.05, 3.63) is 18.2 Å². The van der Waals surface area contributed by atoms with Crippen LogP contribution in [0.3, 0.4) is 0 Å². The number of hydrogen-bond acceptors (Lipinski definition) is 7. The fourth-order valence-corrected chi connectivity index (χ4v) is 2.48. The van der Waals surface area contributed by atoms with Crippen LogP contribution in [0.2, 0.25) is 0 Å². The molecule has 0 saturated carbocycles. The van der Waals surface area contributed by atoms with Crippen LogP contribution in [0.1, 0.15) is 5.82 Å². The van der Waals surface area contributed by atoms with E-state index < -0.39 is 0 Å². The number of anilines is 1. The van der Waals surface area contributed by atoms with Gasteiger partial charge >= 0.3 is 0 Å². The molecule has 0 aromatic carbocycles. The lowest BCUT2D eigenvalue weighted by Gasteiger charge is -1.99. The van der Waals surface area contributed by atoms with Crippen LogP contribution in [0.5, 0.6) is 0 Å². The first kappa shape index (κ1) is 10.3. The van der Waals surface area contributed by atoms with Crippen LogP contribution in [-0.2, 0) is 0 Å². The van der Waals surface area contributed by atoms with Gasteiger partial charge in [0.15, 0.2) is 4.34 Å². The van der Waals surface area contributed by atoms with E-state index in [1.165, 1.54) is 23.3 Å². The fraction of sp³-hybridized carbons (Fsp3) is 0.250. The molecule has 0 unspecified atom stereocenters. The third-order valence-electron chi connectivity index (χ3n) is 1.57. The van der Waals surface area contributed by atoms with E-state index >= 15 is 0 Å². The lowest BCUT2D eigenvalue weighted by Crippen LogP contribution is -1.93. The summed E-state index contributed by atoms with van der Waals surface area (Å²) >= 11 is 2.84. The second-order valence-electron chi connectivity index (χ2n) is 2.70. The third-order valence-corrected chi connectivity index (χ3v) is 3.32. The molecule has 15 heavy (non-hydrogen) atoms. The molecule has 0 spiro atoms. The average Bonchev–Trinajstić information content (AvgIpc) is 2.64. The molecule has 0 atom stereocenters. The van der Waals surface area contributed by atoms with Crippen molar-refractivity contribution in [3.63, 3.8) is 0 Å². The van der Waals surface area contributed by atoms with Crippen molar-refractivity contribution in [2.75, 3.05) is 12.4 Å². The zero-order chi connectivity index (χ0) is 10.7. The summed E-state index contributed by atoms with van der Waals surface area (Å²) in [5.74, 6) is 1.54. The number of hydrogen-bond donors (Lipinski definition) is 1. The second kappa shape index (κ2) is 4.54. The Morgan fingerprint density at radius 2 is 2.20 bits per heavy atom. The van der Waals surface area contributed by atoms with Gasteiger partial charge in [-0.25, -0.2) is 9.97 Å². The van der Waals surface area contributed by atoms with Crippen LogP contribution in [0.25, 0.3) is 0 Å². The minimum absolute atomic E-state index is 0.751. The van der Waals surface area contributed by atoms with Gasteiger partial charge in [0.2, 0.25) is 0 Å². The Hall–Kier alpha value is -1.21. The number of rotatable bonds is 3. The standard InChI is InChI=1S/C8H9N5S2/c1-5-11-8(15-13-5)14-7-4-10-3-6(9-2)12-7/h3-4H,1-2H3,(H,9,12). The van der Waals surface area contributed by atoms with Gasteiger partial charge in [0.05, 0.1) is 12.4 Å². The molecule has 0 aliphatic rings. The molecule has 0 aliphatic heterocycles. The van der Waals surface area contributed by atoms with E-state index in [1.807, 2.05) is 14.0 Å². The summed E-state index contributed by atoms with van der Waals surface area (Å²) in [7, 11) is 1.81. The van der Waals surface area contributed by atoms with E-state index in [0.29, 0.717) is 0 Å². The smallest absolute Gasteiger partial charge is 0.176 e. The largest absolute Gasteiger partial charge is 0.372 e. The normalized spacial score (nSPS) is 10.3. The minimum Gasteiger partial charge on any atom is -0.372 e. The van der Waals surface area contributed by atoms with E-state index in [4.69, 9.17) is 0 Å². The molecular formula is C8H9N5S2. The third kappa shape index (κ3) is 2.63. The van der Waals surface area contributed by atoms with Crippen molar-refractivity contribution in [1.82, 2.24) is 19.3 Å². The van der Waals surface area contributed by atoms with Crippen LogP contribution in [0, 0.1) is 6.92 Å². The molecule has 2 heterocycles. The van der Waals surface area contributed by atoms with Crippen molar-refractivity contribution in [2.45, 2.75) is 16.3 Å². The summed E-state index contributed by atoms with van der Waals surface area (Å²) in [5, 5.41) is 3.76. The molecule has 0 aliphatic carbocycles. The molecule has 2 rings (SSSR count). The maximum absolute atomic E-state index is 4.32. The summed E-state index contributed by atoms with van der Waals surface area (Å²) in [6.45, 7) is 1.87. The van der Waals surface area contributed by atoms with E-state index in [1.54, 1.807) is 12.4 Å². The second-order valence-corrected chi connectivity index (χ2v) is 4.72. The summed E-state index contributed by atoms with van der Waals surface area (Å²) in [5.41, 5.74) is 0. The van der Waals surface area contributed by atoms with Crippen LogP contribution in [0.4, 0.5) is 5.82 Å². The maximum atomic E-state index is 4.32. The fourth-order valence-electron chi connectivity index (χ4n) is 0.927. The van der Waals surface area contributed by atoms with Gasteiger partial charge in [-0.15, -0.1) is 0 Å². The summed E-state index contributed by atoms with van der Waals surface area (Å²) < 4.78 is 4.99. The lowest BCUT2D eigenvalue weighted by molar-refractivity contribution is 1.04. The zero-order valence-electron chi connectivity index (χ0n) is 8.26. The van der Waals surface area contributed by atoms with Crippen molar-refractivity contribution in [2.24, 2.45) is 0 Å². The Morgan fingerprint density at radius 1 is 1.33 bits per heavy atom. The van der Waals surface area contributed by atoms with Crippen LogP contribution < -0.4 is 5.32 Å². The first-order valence-electron chi connectivity index (χ1n) is 4.26. The van der Waals surface area contributed by atoms with Crippen LogP contribution >= 0.6 is 23.3 Å². The van der Waals surface area contributed by atoms with E-state index in [0.717, 1.165) is 21.0 Å². The predicted octanol–water partition coefficient (Wildman–Crippen LogP) is 1.83. The molecular weight excluding hydrogens is 230 g/mol. The van der Waals surface area contributed by atoms with Crippen LogP contribution in [-0.4, -0.2) is 26.4 Å². The molecule has 0 fully saturated rings. The first-order chi connectivity index (χ1) is 7.28. The van der Waals surface area contributed by atoms with E-state index in [9.17, 15) is 0 Å². The van der Waals surface area contributed by atoms with Crippen molar-refractivity contribution in [1.29, 1.82) is 0 Å². The van der Waals surface area contributed by atoms with Gasteiger partial charge in [-0.05, 0) is 30.2 Å². The van der Waals surface area contributed by atoms with Gasteiger partial charge in [-0.2, -0.15) is 4.37 Å². The molecule has 7 heteroatoms. The Balaban J connectivity index is 2.16. The van der Waals surface area contributed by atoms with Gasteiger partial charge in [-0.1, -0.05) is 0 Å². The molecule has 0 saturated heterocycles. The highest BCUT2D eigenvalue weighted by Gasteiger charge is 2.04. The van der Waals surface area contributed by atoms with Gasteiger partial charge in [0.25, 0.3) is 0 Å². The molecule has 2 aromatic rings. The van der Waals surface area contributed by atoms with Crippen molar-refractivity contribution >= 4 is 29.1 Å². The topological polar surface area (TPSA) is 63.6 Å². The highest BCUT2D eigenvalue weighted by molar-refractivity contribution is 8.00. The minimum atomic E-state index is 0.751. The quantitative estimate of drug-likeness (QED) is 0.881. The SMILES string of the molecule is CNc1cncc(Sc2nc(C)ns2)n1. The first-order valence-corrected chi connectivity index (χ1v) is 5.85.